The Labute approximate surface area is 157 Å². The highest BCUT2D eigenvalue weighted by Crippen LogP contribution is 2.34. The number of rotatable bonds is 5. The topological polar surface area (TPSA) is 75.6 Å². The number of amides is 1. The molecule has 2 aromatic carbocycles. The highest BCUT2D eigenvalue weighted by atomic mass is 19.1. The van der Waals surface area contributed by atoms with Gasteiger partial charge in [0.2, 0.25) is 0 Å². The third kappa shape index (κ3) is 4.34. The number of ether oxygens (including phenoxy) is 1. The molecule has 2 aromatic rings. The number of hydrogen-bond donors (Lipinski definition) is 2. The zero-order valence-corrected chi connectivity index (χ0v) is 15.1. The van der Waals surface area contributed by atoms with Gasteiger partial charge in [0, 0.05) is 30.7 Å². The van der Waals surface area contributed by atoms with E-state index in [1.807, 2.05) is 0 Å². The lowest BCUT2D eigenvalue weighted by molar-refractivity contribution is 0.0487. The molecule has 3 rings (SSSR count). The predicted octanol–water partition coefficient (Wildman–Crippen LogP) is 3.31. The van der Waals surface area contributed by atoms with Crippen LogP contribution in [-0.2, 0) is 10.2 Å². The van der Waals surface area contributed by atoms with Gasteiger partial charge in [0.15, 0.2) is 0 Å². The van der Waals surface area contributed by atoms with Gasteiger partial charge in [0.1, 0.15) is 5.82 Å². The first-order valence-electron chi connectivity index (χ1n) is 8.87. The van der Waals surface area contributed by atoms with Crippen LogP contribution in [-0.4, -0.2) is 36.7 Å². The van der Waals surface area contributed by atoms with Crippen molar-refractivity contribution in [2.45, 2.75) is 25.2 Å². The summed E-state index contributed by atoms with van der Waals surface area (Å²) in [4.78, 5) is 23.9. The van der Waals surface area contributed by atoms with Crippen molar-refractivity contribution >= 4 is 11.9 Å². The first-order valence-corrected chi connectivity index (χ1v) is 8.87. The van der Waals surface area contributed by atoms with E-state index in [1.54, 1.807) is 25.1 Å². The first kappa shape index (κ1) is 19.0. The van der Waals surface area contributed by atoms with E-state index in [4.69, 9.17) is 4.74 Å². The zero-order chi connectivity index (χ0) is 19.4. The SMILES string of the molecule is Cc1cc(C(=O)O)cc(C(=O)NCC2(c3ccc(F)cc3)CCOCC2)c1. The molecule has 142 valence electrons. The Kier molecular flexibility index (Phi) is 5.56. The van der Waals surface area contributed by atoms with Crippen molar-refractivity contribution in [1.82, 2.24) is 5.32 Å². The van der Waals surface area contributed by atoms with Crippen molar-refractivity contribution in [1.29, 1.82) is 0 Å². The Morgan fingerprint density at radius 2 is 1.74 bits per heavy atom. The lowest BCUT2D eigenvalue weighted by atomic mass is 9.74. The van der Waals surface area contributed by atoms with Gasteiger partial charge in [-0.25, -0.2) is 9.18 Å². The van der Waals surface area contributed by atoms with Crippen LogP contribution in [0.5, 0.6) is 0 Å². The molecule has 0 spiro atoms. The molecule has 27 heavy (non-hydrogen) atoms. The van der Waals surface area contributed by atoms with Crippen molar-refractivity contribution in [2.24, 2.45) is 0 Å². The van der Waals surface area contributed by atoms with Gasteiger partial charge in [0.25, 0.3) is 5.91 Å². The minimum absolute atomic E-state index is 0.0828. The molecule has 6 heteroatoms. The van der Waals surface area contributed by atoms with Gasteiger partial charge in [-0.1, -0.05) is 12.1 Å². The molecule has 0 bridgehead atoms. The Bertz CT molecular complexity index is 842. The number of halogens is 1. The number of benzene rings is 2. The number of hydrogen-bond acceptors (Lipinski definition) is 3. The van der Waals surface area contributed by atoms with Crippen LogP contribution in [0.2, 0.25) is 0 Å². The van der Waals surface area contributed by atoms with E-state index in [9.17, 15) is 19.1 Å². The zero-order valence-electron chi connectivity index (χ0n) is 15.1. The Morgan fingerprint density at radius 1 is 1.11 bits per heavy atom. The van der Waals surface area contributed by atoms with Gasteiger partial charge in [-0.2, -0.15) is 0 Å². The second kappa shape index (κ2) is 7.88. The lowest BCUT2D eigenvalue weighted by Gasteiger charge is -2.38. The molecular weight excluding hydrogens is 349 g/mol. The van der Waals surface area contributed by atoms with Crippen molar-refractivity contribution in [2.75, 3.05) is 19.8 Å². The van der Waals surface area contributed by atoms with Gasteiger partial charge in [-0.05, 0) is 61.2 Å². The van der Waals surface area contributed by atoms with Gasteiger partial charge in [-0.3, -0.25) is 4.79 Å². The van der Waals surface area contributed by atoms with Crippen molar-refractivity contribution in [3.8, 4) is 0 Å². The molecule has 0 aromatic heterocycles. The summed E-state index contributed by atoms with van der Waals surface area (Å²) in [6.45, 7) is 3.26. The smallest absolute Gasteiger partial charge is 0.335 e. The summed E-state index contributed by atoms with van der Waals surface area (Å²) < 4.78 is 18.8. The van der Waals surface area contributed by atoms with E-state index >= 15 is 0 Å². The third-order valence-electron chi connectivity index (χ3n) is 5.08. The normalized spacial score (nSPS) is 15.9. The fourth-order valence-corrected chi connectivity index (χ4v) is 3.52. The maximum atomic E-state index is 13.3. The average Bonchev–Trinajstić information content (AvgIpc) is 2.67. The Hall–Kier alpha value is -2.73. The monoisotopic (exact) mass is 371 g/mol. The predicted molar refractivity (Wildman–Crippen MR) is 98.6 cm³/mol. The molecule has 1 amide bonds. The van der Waals surface area contributed by atoms with E-state index in [2.05, 4.69) is 5.32 Å². The van der Waals surface area contributed by atoms with E-state index in [0.29, 0.717) is 43.7 Å². The number of aromatic carboxylic acids is 1. The highest BCUT2D eigenvalue weighted by Gasteiger charge is 2.35. The summed E-state index contributed by atoms with van der Waals surface area (Å²) in [6, 6.07) is 10.9. The van der Waals surface area contributed by atoms with Crippen LogP contribution in [0, 0.1) is 12.7 Å². The van der Waals surface area contributed by atoms with E-state index in [-0.39, 0.29) is 22.7 Å². The molecule has 0 atom stereocenters. The number of carbonyl (C=O) groups is 2. The Balaban J connectivity index is 1.80. The van der Waals surface area contributed by atoms with Gasteiger partial charge >= 0.3 is 5.97 Å². The third-order valence-corrected chi connectivity index (χ3v) is 5.08. The maximum Gasteiger partial charge on any atom is 0.335 e. The number of carbonyl (C=O) groups excluding carboxylic acids is 1. The summed E-state index contributed by atoms with van der Waals surface area (Å²) in [5, 5.41) is 12.1. The fraction of sp³-hybridized carbons (Fsp3) is 0.333. The van der Waals surface area contributed by atoms with Crippen LogP contribution in [0.3, 0.4) is 0 Å². The maximum absolute atomic E-state index is 13.3. The highest BCUT2D eigenvalue weighted by molar-refractivity contribution is 5.97. The first-order chi connectivity index (χ1) is 12.9. The minimum Gasteiger partial charge on any atom is -0.478 e. The number of carboxylic acids is 1. The summed E-state index contributed by atoms with van der Waals surface area (Å²) in [5.41, 5.74) is 1.73. The van der Waals surface area contributed by atoms with Crippen LogP contribution in [0.15, 0.2) is 42.5 Å². The van der Waals surface area contributed by atoms with Crippen molar-refractivity contribution in [3.05, 3.63) is 70.5 Å². The molecule has 1 heterocycles. The van der Waals surface area contributed by atoms with Crippen LogP contribution >= 0.6 is 0 Å². The Morgan fingerprint density at radius 3 is 2.37 bits per heavy atom. The molecule has 1 aliphatic rings. The van der Waals surface area contributed by atoms with Crippen molar-refractivity contribution < 1.29 is 23.8 Å². The van der Waals surface area contributed by atoms with Crippen molar-refractivity contribution in [3.63, 3.8) is 0 Å². The molecule has 1 fully saturated rings. The van der Waals surface area contributed by atoms with Gasteiger partial charge < -0.3 is 15.2 Å². The molecule has 0 aliphatic carbocycles. The van der Waals surface area contributed by atoms with Gasteiger partial charge in [-0.15, -0.1) is 0 Å². The summed E-state index contributed by atoms with van der Waals surface area (Å²) >= 11 is 0. The summed E-state index contributed by atoms with van der Waals surface area (Å²) in [6.07, 6.45) is 1.43. The number of nitrogens with one attached hydrogen (secondary N) is 1. The van der Waals surface area contributed by atoms with Crippen LogP contribution < -0.4 is 5.32 Å². The van der Waals surface area contributed by atoms with Gasteiger partial charge in [0.05, 0.1) is 5.56 Å². The number of carboxylic acid groups (broad SMARTS) is 1. The summed E-state index contributed by atoms with van der Waals surface area (Å²) in [5.74, 6) is -1.69. The molecule has 2 N–H and O–H groups in total. The van der Waals surface area contributed by atoms with E-state index < -0.39 is 5.97 Å². The number of aryl methyl sites for hydroxylation is 1. The summed E-state index contributed by atoms with van der Waals surface area (Å²) in [7, 11) is 0. The molecular formula is C21H22FNO4. The molecule has 0 unspecified atom stereocenters. The van der Waals surface area contributed by atoms with E-state index in [0.717, 1.165) is 5.56 Å². The van der Waals surface area contributed by atoms with Crippen LogP contribution in [0.25, 0.3) is 0 Å². The van der Waals surface area contributed by atoms with Crippen LogP contribution in [0.4, 0.5) is 4.39 Å². The molecule has 1 aliphatic heterocycles. The van der Waals surface area contributed by atoms with E-state index in [1.165, 1.54) is 24.3 Å². The molecule has 0 radical (unpaired) electrons. The lowest BCUT2D eigenvalue weighted by Crippen LogP contribution is -2.44. The fourth-order valence-electron chi connectivity index (χ4n) is 3.52. The molecule has 1 saturated heterocycles. The minimum atomic E-state index is -1.07. The second-order valence-electron chi connectivity index (χ2n) is 6.98. The molecule has 0 saturated carbocycles. The second-order valence-corrected chi connectivity index (χ2v) is 6.98. The molecule has 5 nitrogen and oxygen atoms in total. The largest absolute Gasteiger partial charge is 0.478 e. The van der Waals surface area contributed by atoms with Crippen LogP contribution in [0.1, 0.15) is 44.7 Å². The standard InChI is InChI=1S/C21H22FNO4/c1-14-10-15(12-16(11-14)20(25)26)19(24)23-13-21(6-8-27-9-7-21)17-2-4-18(22)5-3-17/h2-5,10-12H,6-9,13H2,1H3,(H,23,24)(H,25,26). The average molecular weight is 371 g/mol. The quantitative estimate of drug-likeness (QED) is 0.846.